The standard InChI is InChI=1S/C3H2O7.4Zn/c4-1(5)9-3(8)10-2(6)7;;;;/h(H,4,5)(H,6,7);;;;. The molecule has 0 fully saturated rings. The summed E-state index contributed by atoms with van der Waals surface area (Å²) >= 11 is 0. The number of ether oxygens (including phenoxy) is 2. The van der Waals surface area contributed by atoms with Gasteiger partial charge in [0.2, 0.25) is 0 Å². The molecule has 64 valence electrons. The van der Waals surface area contributed by atoms with Crippen LogP contribution in [-0.4, -0.2) is 28.7 Å². The van der Waals surface area contributed by atoms with Gasteiger partial charge >= 0.3 is 18.5 Å². The van der Waals surface area contributed by atoms with Gasteiger partial charge in [0, 0.05) is 77.9 Å². The molecule has 0 spiro atoms. The predicted molar refractivity (Wildman–Crippen MR) is 23.6 cm³/mol. The van der Waals surface area contributed by atoms with Gasteiger partial charge in [-0.2, -0.15) is 0 Å². The molecule has 0 aliphatic carbocycles. The van der Waals surface area contributed by atoms with Gasteiger partial charge in [0.15, 0.2) is 0 Å². The maximum Gasteiger partial charge on any atom is 0.528 e. The van der Waals surface area contributed by atoms with Crippen molar-refractivity contribution in [2.24, 2.45) is 0 Å². The van der Waals surface area contributed by atoms with E-state index >= 15 is 0 Å². The van der Waals surface area contributed by atoms with Crippen LogP contribution in [-0.2, 0) is 87.4 Å². The molecular weight excluding hydrogens is 410 g/mol. The van der Waals surface area contributed by atoms with Crippen molar-refractivity contribution in [2.75, 3.05) is 0 Å². The molecule has 7 nitrogen and oxygen atoms in total. The second kappa shape index (κ2) is 16.1. The summed E-state index contributed by atoms with van der Waals surface area (Å²) in [4.78, 5) is 28.8. The van der Waals surface area contributed by atoms with Crippen LogP contribution in [0.3, 0.4) is 0 Å². The number of carbonyl (C=O) groups is 3. The number of rotatable bonds is 0. The molecule has 14 heavy (non-hydrogen) atoms. The summed E-state index contributed by atoms with van der Waals surface area (Å²) in [5.74, 6) is 0. The molecule has 0 aromatic heterocycles. The number of hydrogen-bond acceptors (Lipinski definition) is 5. The van der Waals surface area contributed by atoms with Crippen molar-refractivity contribution in [3.8, 4) is 0 Å². The fourth-order valence-corrected chi connectivity index (χ4v) is 0.163. The maximum absolute atomic E-state index is 9.86. The Morgan fingerprint density at radius 1 is 0.714 bits per heavy atom. The Bertz CT molecular complexity index is 164. The SMILES string of the molecule is O=C(O)OC(=O)OC(=O)O.[Zn].[Zn].[Zn].[Zn]. The second-order valence-corrected chi connectivity index (χ2v) is 0.986. The molecule has 0 radical (unpaired) electrons. The number of hydrogen-bond donors (Lipinski definition) is 2. The number of carboxylic acid groups (broad SMARTS) is 2. The first kappa shape index (κ1) is 29.3. The molecule has 0 unspecified atom stereocenters. The van der Waals surface area contributed by atoms with Crippen molar-refractivity contribution in [1.82, 2.24) is 0 Å². The van der Waals surface area contributed by atoms with E-state index in [1.807, 2.05) is 0 Å². The van der Waals surface area contributed by atoms with Crippen LogP contribution in [0.25, 0.3) is 0 Å². The quantitative estimate of drug-likeness (QED) is 0.339. The van der Waals surface area contributed by atoms with E-state index in [1.165, 1.54) is 0 Å². The minimum absolute atomic E-state index is 0. The van der Waals surface area contributed by atoms with Crippen LogP contribution in [0.5, 0.6) is 0 Å². The van der Waals surface area contributed by atoms with E-state index in [1.54, 1.807) is 0 Å². The summed E-state index contributed by atoms with van der Waals surface area (Å²) in [5.41, 5.74) is 0. The van der Waals surface area contributed by atoms with Crippen LogP contribution in [0.4, 0.5) is 14.4 Å². The van der Waals surface area contributed by atoms with Gasteiger partial charge in [0.1, 0.15) is 0 Å². The first-order valence-corrected chi connectivity index (χ1v) is 1.88. The molecule has 0 aliphatic heterocycles. The van der Waals surface area contributed by atoms with Gasteiger partial charge in [-0.3, -0.25) is 0 Å². The van der Waals surface area contributed by atoms with Crippen LogP contribution in [0.15, 0.2) is 0 Å². The molecule has 0 rings (SSSR count). The van der Waals surface area contributed by atoms with E-state index in [9.17, 15) is 14.4 Å². The van der Waals surface area contributed by atoms with Crippen LogP contribution < -0.4 is 0 Å². The summed E-state index contributed by atoms with van der Waals surface area (Å²) in [6.45, 7) is 0. The summed E-state index contributed by atoms with van der Waals surface area (Å²) in [5, 5.41) is 15.4. The third-order valence-electron chi connectivity index (χ3n) is 0.341. The Labute approximate surface area is 129 Å². The van der Waals surface area contributed by atoms with Crippen molar-refractivity contribution in [1.29, 1.82) is 0 Å². The predicted octanol–water partition coefficient (Wildman–Crippen LogP) is 0.486. The van der Waals surface area contributed by atoms with Gasteiger partial charge in [-0.15, -0.1) is 0 Å². The third kappa shape index (κ3) is 23.0. The topological polar surface area (TPSA) is 110 Å². The molecule has 0 saturated heterocycles. The summed E-state index contributed by atoms with van der Waals surface area (Å²) in [6.07, 6.45) is -5.64. The number of carbonyl (C=O) groups excluding carboxylic acids is 1. The normalized spacial score (nSPS) is 5.71. The largest absolute Gasteiger partial charge is 0.528 e. The van der Waals surface area contributed by atoms with Crippen LogP contribution in [0.2, 0.25) is 0 Å². The minimum atomic E-state index is -1.92. The second-order valence-electron chi connectivity index (χ2n) is 0.986. The van der Waals surface area contributed by atoms with Crippen molar-refractivity contribution in [3.63, 3.8) is 0 Å². The zero-order valence-electron chi connectivity index (χ0n) is 7.26. The summed E-state index contributed by atoms with van der Waals surface area (Å²) in [6, 6.07) is 0. The Kier molecular flexibility index (Phi) is 33.8. The smallest absolute Gasteiger partial charge is 0.449 e. The fraction of sp³-hybridized carbons (Fsp3) is 0. The monoisotopic (exact) mass is 406 g/mol. The zero-order valence-corrected chi connectivity index (χ0v) is 19.1. The first-order valence-electron chi connectivity index (χ1n) is 1.88. The average Bonchev–Trinajstić information content (AvgIpc) is 1.58. The molecule has 0 bridgehead atoms. The minimum Gasteiger partial charge on any atom is -0.449 e. The summed E-state index contributed by atoms with van der Waals surface area (Å²) < 4.78 is 6.47. The van der Waals surface area contributed by atoms with E-state index in [0.29, 0.717) is 0 Å². The van der Waals surface area contributed by atoms with Crippen molar-refractivity contribution >= 4 is 18.5 Å². The van der Waals surface area contributed by atoms with E-state index in [-0.39, 0.29) is 77.9 Å². The maximum atomic E-state index is 9.86. The Morgan fingerprint density at radius 3 is 1.07 bits per heavy atom. The van der Waals surface area contributed by atoms with Gasteiger partial charge in [-0.25, -0.2) is 14.4 Å². The van der Waals surface area contributed by atoms with Crippen LogP contribution in [0, 0.1) is 0 Å². The average molecular weight is 412 g/mol. The van der Waals surface area contributed by atoms with E-state index < -0.39 is 18.5 Å². The Hall–Kier alpha value is 0.704. The van der Waals surface area contributed by atoms with E-state index in [0.717, 1.165) is 0 Å². The molecular formula is C3H2O7Zn4. The molecule has 2 N–H and O–H groups in total. The van der Waals surface area contributed by atoms with Gasteiger partial charge in [0.25, 0.3) is 0 Å². The molecule has 0 aromatic carbocycles. The Balaban J connectivity index is -0.0000000675. The zero-order chi connectivity index (χ0) is 8.15. The van der Waals surface area contributed by atoms with Crippen LogP contribution >= 0.6 is 0 Å². The van der Waals surface area contributed by atoms with Gasteiger partial charge < -0.3 is 19.7 Å². The van der Waals surface area contributed by atoms with Crippen LogP contribution in [0.1, 0.15) is 0 Å². The van der Waals surface area contributed by atoms with Crippen molar-refractivity contribution in [3.05, 3.63) is 0 Å². The van der Waals surface area contributed by atoms with Gasteiger partial charge in [-0.1, -0.05) is 0 Å². The molecule has 11 heteroatoms. The van der Waals surface area contributed by atoms with Crippen molar-refractivity contribution < 1.29 is 112 Å². The summed E-state index contributed by atoms with van der Waals surface area (Å²) in [7, 11) is 0. The molecule has 0 aliphatic rings. The van der Waals surface area contributed by atoms with Crippen molar-refractivity contribution in [2.45, 2.75) is 0 Å². The van der Waals surface area contributed by atoms with Gasteiger partial charge in [0.05, 0.1) is 0 Å². The third-order valence-corrected chi connectivity index (χ3v) is 0.341. The molecule has 0 aromatic rings. The molecule has 0 heterocycles. The molecule has 0 saturated carbocycles. The van der Waals surface area contributed by atoms with E-state index in [4.69, 9.17) is 10.2 Å². The molecule has 0 amide bonds. The van der Waals surface area contributed by atoms with Gasteiger partial charge in [-0.05, 0) is 0 Å². The Morgan fingerprint density at radius 2 is 0.929 bits per heavy atom. The molecule has 0 atom stereocenters. The fourth-order valence-electron chi connectivity index (χ4n) is 0.163. The first-order chi connectivity index (χ1) is 4.52. The van der Waals surface area contributed by atoms with E-state index in [2.05, 4.69) is 9.47 Å².